The third kappa shape index (κ3) is 3.67. The first-order valence-corrected chi connectivity index (χ1v) is 7.05. The van der Waals surface area contributed by atoms with E-state index in [-0.39, 0.29) is 5.91 Å². The molecule has 0 bridgehead atoms. The van der Waals surface area contributed by atoms with Crippen molar-refractivity contribution in [2.45, 2.75) is 50.7 Å². The van der Waals surface area contributed by atoms with Crippen molar-refractivity contribution in [3.63, 3.8) is 0 Å². The summed E-state index contributed by atoms with van der Waals surface area (Å²) in [6.45, 7) is 3.90. The molecule has 0 saturated carbocycles. The minimum atomic E-state index is -0.985. The molecule has 3 N–H and O–H groups in total. The van der Waals surface area contributed by atoms with Crippen molar-refractivity contribution < 1.29 is 14.7 Å². The molecular formula is C13H23N3O3. The Balaban J connectivity index is 1.83. The average molecular weight is 269 g/mol. The fourth-order valence-electron chi connectivity index (χ4n) is 3.20. The van der Waals surface area contributed by atoms with Gasteiger partial charge in [0.2, 0.25) is 5.91 Å². The quantitative estimate of drug-likeness (QED) is 0.643. The summed E-state index contributed by atoms with van der Waals surface area (Å²) in [6, 6.07) is 0.0616. The number of carbonyl (C=O) groups excluding carboxylic acids is 1. The Morgan fingerprint density at radius 2 is 2.11 bits per heavy atom. The molecule has 0 spiro atoms. The van der Waals surface area contributed by atoms with Crippen molar-refractivity contribution in [2.75, 3.05) is 19.6 Å². The highest BCUT2D eigenvalue weighted by molar-refractivity contribution is 5.82. The number of carbonyl (C=O) groups is 2. The first kappa shape index (κ1) is 14.3. The lowest BCUT2D eigenvalue weighted by molar-refractivity contribution is -0.141. The van der Waals surface area contributed by atoms with Gasteiger partial charge < -0.3 is 15.7 Å². The van der Waals surface area contributed by atoms with Crippen LogP contribution in [0.15, 0.2) is 0 Å². The van der Waals surface area contributed by atoms with Gasteiger partial charge in [0.05, 0.1) is 0 Å². The van der Waals surface area contributed by atoms with Gasteiger partial charge in [-0.2, -0.15) is 0 Å². The Morgan fingerprint density at radius 1 is 1.32 bits per heavy atom. The Hall–Kier alpha value is -1.14. The summed E-state index contributed by atoms with van der Waals surface area (Å²) in [4.78, 5) is 24.5. The van der Waals surface area contributed by atoms with E-state index < -0.39 is 12.0 Å². The van der Waals surface area contributed by atoms with E-state index in [9.17, 15) is 9.59 Å². The molecule has 6 heteroatoms. The Morgan fingerprint density at radius 3 is 2.79 bits per heavy atom. The molecule has 2 aliphatic heterocycles. The molecule has 108 valence electrons. The van der Waals surface area contributed by atoms with Crippen LogP contribution >= 0.6 is 0 Å². The van der Waals surface area contributed by atoms with Crippen LogP contribution < -0.4 is 10.6 Å². The molecule has 2 rings (SSSR count). The van der Waals surface area contributed by atoms with Crippen molar-refractivity contribution in [3.8, 4) is 0 Å². The van der Waals surface area contributed by atoms with Gasteiger partial charge in [-0.15, -0.1) is 0 Å². The van der Waals surface area contributed by atoms with Crippen LogP contribution in [-0.2, 0) is 9.59 Å². The van der Waals surface area contributed by atoms with Gasteiger partial charge in [0.25, 0.3) is 0 Å². The van der Waals surface area contributed by atoms with Gasteiger partial charge in [0.15, 0.2) is 0 Å². The highest BCUT2D eigenvalue weighted by atomic mass is 16.4. The molecule has 3 atom stereocenters. The summed E-state index contributed by atoms with van der Waals surface area (Å²) in [7, 11) is 0. The van der Waals surface area contributed by atoms with Crippen LogP contribution in [0.1, 0.15) is 32.6 Å². The van der Waals surface area contributed by atoms with Gasteiger partial charge >= 0.3 is 5.97 Å². The minimum absolute atomic E-state index is 0.296. The highest BCUT2D eigenvalue weighted by Gasteiger charge is 2.35. The van der Waals surface area contributed by atoms with E-state index in [1.807, 2.05) is 0 Å². The minimum Gasteiger partial charge on any atom is -0.480 e. The fourth-order valence-corrected chi connectivity index (χ4v) is 3.20. The predicted octanol–water partition coefficient (Wildman–Crippen LogP) is -0.208. The lowest BCUT2D eigenvalue weighted by Crippen LogP contribution is -2.51. The Bertz CT molecular complexity index is 348. The number of aliphatic carboxylic acids is 1. The summed E-state index contributed by atoms with van der Waals surface area (Å²) in [5.41, 5.74) is 0. The number of piperidine rings is 1. The molecular weight excluding hydrogens is 246 g/mol. The molecule has 0 aromatic carbocycles. The third-order valence-corrected chi connectivity index (χ3v) is 4.12. The first-order chi connectivity index (χ1) is 9.08. The van der Waals surface area contributed by atoms with Crippen molar-refractivity contribution in [1.29, 1.82) is 0 Å². The topological polar surface area (TPSA) is 81.7 Å². The Labute approximate surface area is 113 Å². The first-order valence-electron chi connectivity index (χ1n) is 7.05. The molecule has 2 heterocycles. The van der Waals surface area contributed by atoms with Crippen molar-refractivity contribution in [3.05, 3.63) is 0 Å². The van der Waals surface area contributed by atoms with Crippen LogP contribution in [0, 0.1) is 0 Å². The maximum Gasteiger partial charge on any atom is 0.327 e. The van der Waals surface area contributed by atoms with Crippen LogP contribution in [-0.4, -0.2) is 59.6 Å². The second kappa shape index (κ2) is 6.34. The van der Waals surface area contributed by atoms with Crippen molar-refractivity contribution in [1.82, 2.24) is 15.5 Å². The van der Waals surface area contributed by atoms with Crippen molar-refractivity contribution in [2.24, 2.45) is 0 Å². The molecule has 2 aliphatic rings. The summed E-state index contributed by atoms with van der Waals surface area (Å²) >= 11 is 0. The van der Waals surface area contributed by atoms with Gasteiger partial charge in [-0.25, -0.2) is 4.79 Å². The largest absolute Gasteiger partial charge is 0.480 e. The number of nitrogens with one attached hydrogen (secondary N) is 2. The Kier molecular flexibility index (Phi) is 4.76. The van der Waals surface area contributed by atoms with E-state index in [0.29, 0.717) is 18.6 Å². The number of hydrogen-bond donors (Lipinski definition) is 3. The number of nitrogens with zero attached hydrogens (tertiary/aromatic N) is 1. The maximum atomic E-state index is 11.1. The second-order valence-corrected chi connectivity index (χ2v) is 5.49. The molecule has 19 heavy (non-hydrogen) atoms. The predicted molar refractivity (Wildman–Crippen MR) is 70.9 cm³/mol. The molecule has 1 amide bonds. The van der Waals surface area contributed by atoms with E-state index in [1.165, 1.54) is 26.2 Å². The standard InChI is InChI=1S/C13H23N3O3/c1-9(17)15-11(13(18)19)8-14-10-5-7-16-6-3-2-4-12(10)16/h10-12,14H,2-8H2,1H3,(H,15,17)(H,18,19). The highest BCUT2D eigenvalue weighted by Crippen LogP contribution is 2.26. The van der Waals surface area contributed by atoms with Crippen LogP contribution in [0.2, 0.25) is 0 Å². The number of carboxylic acid groups (broad SMARTS) is 1. The second-order valence-electron chi connectivity index (χ2n) is 5.49. The molecule has 0 aromatic rings. The number of fused-ring (bicyclic) bond motifs is 1. The van der Waals surface area contributed by atoms with Crippen LogP contribution in [0.3, 0.4) is 0 Å². The fraction of sp³-hybridized carbons (Fsp3) is 0.846. The SMILES string of the molecule is CC(=O)NC(CNC1CCN2CCCCC12)C(=O)O. The normalized spacial score (nSPS) is 28.7. The summed E-state index contributed by atoms with van der Waals surface area (Å²) in [6.07, 6.45) is 4.78. The van der Waals surface area contributed by atoms with Crippen molar-refractivity contribution >= 4 is 11.9 Å². The molecule has 6 nitrogen and oxygen atoms in total. The molecule has 0 aromatic heterocycles. The molecule has 2 fully saturated rings. The van der Waals surface area contributed by atoms with E-state index in [4.69, 9.17) is 5.11 Å². The van der Waals surface area contributed by atoms with E-state index in [2.05, 4.69) is 15.5 Å². The van der Waals surface area contributed by atoms with Crippen LogP contribution in [0.4, 0.5) is 0 Å². The lowest BCUT2D eigenvalue weighted by atomic mass is 9.99. The maximum absolute atomic E-state index is 11.1. The van der Waals surface area contributed by atoms with Gasteiger partial charge in [-0.3, -0.25) is 9.69 Å². The molecule has 0 aliphatic carbocycles. The summed E-state index contributed by atoms with van der Waals surface area (Å²) < 4.78 is 0. The zero-order chi connectivity index (χ0) is 13.8. The van der Waals surface area contributed by atoms with Gasteiger partial charge in [-0.05, 0) is 25.8 Å². The lowest BCUT2D eigenvalue weighted by Gasteiger charge is -2.33. The van der Waals surface area contributed by atoms with E-state index in [0.717, 1.165) is 19.5 Å². The van der Waals surface area contributed by atoms with Gasteiger partial charge in [0, 0.05) is 32.1 Å². The zero-order valence-corrected chi connectivity index (χ0v) is 11.4. The van der Waals surface area contributed by atoms with E-state index >= 15 is 0 Å². The molecule has 0 radical (unpaired) electrons. The summed E-state index contributed by atoms with van der Waals surface area (Å²) in [5, 5.41) is 14.9. The van der Waals surface area contributed by atoms with Crippen LogP contribution in [0.5, 0.6) is 0 Å². The smallest absolute Gasteiger partial charge is 0.327 e. The van der Waals surface area contributed by atoms with Crippen LogP contribution in [0.25, 0.3) is 0 Å². The number of hydrogen-bond acceptors (Lipinski definition) is 4. The number of amides is 1. The van der Waals surface area contributed by atoms with E-state index in [1.54, 1.807) is 0 Å². The number of carboxylic acids is 1. The zero-order valence-electron chi connectivity index (χ0n) is 11.4. The molecule has 3 unspecified atom stereocenters. The monoisotopic (exact) mass is 269 g/mol. The van der Waals surface area contributed by atoms with Gasteiger partial charge in [0.1, 0.15) is 6.04 Å². The average Bonchev–Trinajstić information content (AvgIpc) is 2.77. The molecule has 2 saturated heterocycles. The summed E-state index contributed by atoms with van der Waals surface area (Å²) in [5.74, 6) is -1.29. The number of rotatable bonds is 5. The van der Waals surface area contributed by atoms with Gasteiger partial charge in [-0.1, -0.05) is 6.42 Å². The third-order valence-electron chi connectivity index (χ3n) is 4.12.